The zero-order valence-electron chi connectivity index (χ0n) is 17.7. The summed E-state index contributed by atoms with van der Waals surface area (Å²) in [5.74, 6) is 0.661. The Morgan fingerprint density at radius 3 is 2.42 bits per heavy atom. The summed E-state index contributed by atoms with van der Waals surface area (Å²) < 4.78 is 24.5. The molecule has 0 fully saturated rings. The molecule has 0 radical (unpaired) electrons. The van der Waals surface area contributed by atoms with E-state index < -0.39 is 5.92 Å². The summed E-state index contributed by atoms with van der Waals surface area (Å²) in [6, 6.07) is 20.8. The number of hydrogen-bond donors (Lipinski definition) is 1. The van der Waals surface area contributed by atoms with E-state index in [9.17, 15) is 9.18 Å². The Labute approximate surface area is 196 Å². The molecule has 0 saturated carbocycles. The fraction of sp³-hybridized carbons (Fsp3) is 0.192. The number of carbonyl (C=O) groups excluding carboxylic acids is 1. The minimum Gasteiger partial charge on any atom is -0.493 e. The molecule has 0 saturated heterocycles. The number of ketones is 1. The van der Waals surface area contributed by atoms with Gasteiger partial charge in [0.2, 0.25) is 0 Å². The number of fused-ring (bicyclic) bond motifs is 3. The van der Waals surface area contributed by atoms with Crippen molar-refractivity contribution in [2.75, 3.05) is 13.2 Å². The van der Waals surface area contributed by atoms with Gasteiger partial charge in [-0.2, -0.15) is 0 Å². The van der Waals surface area contributed by atoms with Crippen molar-refractivity contribution in [1.82, 2.24) is 5.32 Å². The van der Waals surface area contributed by atoms with Crippen LogP contribution in [0.2, 0.25) is 0 Å². The Morgan fingerprint density at radius 1 is 0.909 bits per heavy atom. The van der Waals surface area contributed by atoms with Crippen LogP contribution in [-0.4, -0.2) is 29.8 Å². The van der Waals surface area contributed by atoms with Crippen LogP contribution in [0.1, 0.15) is 33.9 Å². The lowest BCUT2D eigenvalue weighted by atomic mass is 9.87. The van der Waals surface area contributed by atoms with Crippen molar-refractivity contribution < 1.29 is 18.7 Å². The highest BCUT2D eigenvalue weighted by atomic mass is 32.1. The van der Waals surface area contributed by atoms with Crippen molar-refractivity contribution in [1.29, 1.82) is 0 Å². The number of hydrogen-bond acceptors (Lipinski definition) is 4. The minimum atomic E-state index is -0.423. The number of nitrogens with one attached hydrogen (secondary N) is 1. The van der Waals surface area contributed by atoms with Crippen molar-refractivity contribution >= 4 is 28.8 Å². The predicted octanol–water partition coefficient (Wildman–Crippen LogP) is 4.90. The van der Waals surface area contributed by atoms with Gasteiger partial charge in [0, 0.05) is 17.5 Å². The third-order valence-electron chi connectivity index (χ3n) is 5.74. The van der Waals surface area contributed by atoms with Gasteiger partial charge in [0.25, 0.3) is 0 Å². The molecule has 2 aliphatic rings. The molecule has 3 aromatic rings. The van der Waals surface area contributed by atoms with Crippen molar-refractivity contribution in [3.05, 3.63) is 95.3 Å². The topological polar surface area (TPSA) is 59.9 Å². The summed E-state index contributed by atoms with van der Waals surface area (Å²) in [6.45, 7) is 0.917. The molecule has 0 amide bonds. The van der Waals surface area contributed by atoms with Gasteiger partial charge >= 0.3 is 0 Å². The zero-order valence-corrected chi connectivity index (χ0v) is 18.5. The summed E-state index contributed by atoms with van der Waals surface area (Å²) in [5.41, 5.74) is 3.19. The normalized spacial score (nSPS) is 18.8. The Balaban J connectivity index is 1.24. The van der Waals surface area contributed by atoms with Gasteiger partial charge in [0.1, 0.15) is 17.3 Å². The zero-order chi connectivity index (χ0) is 22.8. The van der Waals surface area contributed by atoms with E-state index in [1.54, 1.807) is 12.1 Å². The first-order chi connectivity index (χ1) is 16.1. The molecule has 0 spiro atoms. The fourth-order valence-electron chi connectivity index (χ4n) is 4.22. The number of halogens is 1. The van der Waals surface area contributed by atoms with Crippen LogP contribution >= 0.6 is 12.2 Å². The van der Waals surface area contributed by atoms with Crippen LogP contribution in [0.15, 0.2) is 77.8 Å². The molecule has 0 aromatic heterocycles. The highest BCUT2D eigenvalue weighted by Crippen LogP contribution is 2.38. The number of ether oxygens (including phenoxy) is 2. The van der Waals surface area contributed by atoms with E-state index in [2.05, 4.69) is 10.3 Å². The molecule has 2 atom stereocenters. The number of rotatable bonds is 7. The summed E-state index contributed by atoms with van der Waals surface area (Å²) in [5, 5.41) is 3.59. The van der Waals surface area contributed by atoms with Crippen LogP contribution in [0, 0.1) is 11.7 Å². The van der Waals surface area contributed by atoms with Gasteiger partial charge in [0.15, 0.2) is 10.9 Å². The van der Waals surface area contributed by atoms with Crippen LogP contribution in [0.4, 0.5) is 4.39 Å². The highest BCUT2D eigenvalue weighted by molar-refractivity contribution is 7.80. The van der Waals surface area contributed by atoms with Crippen molar-refractivity contribution in [3.63, 3.8) is 0 Å². The first kappa shape index (κ1) is 21.3. The van der Waals surface area contributed by atoms with Crippen LogP contribution in [0.3, 0.4) is 0 Å². The minimum absolute atomic E-state index is 0.0496. The van der Waals surface area contributed by atoms with E-state index in [1.807, 2.05) is 48.5 Å². The third-order valence-corrected chi connectivity index (χ3v) is 5.95. The molecule has 2 unspecified atom stereocenters. The third kappa shape index (κ3) is 4.36. The molecular formula is C26H21FN2O3S. The molecule has 0 bridgehead atoms. The van der Waals surface area contributed by atoms with Gasteiger partial charge in [-0.25, -0.2) is 9.38 Å². The van der Waals surface area contributed by atoms with E-state index in [0.717, 1.165) is 16.8 Å². The highest BCUT2D eigenvalue weighted by Gasteiger charge is 2.44. The molecule has 5 rings (SSSR count). The fourth-order valence-corrected chi connectivity index (χ4v) is 4.45. The summed E-state index contributed by atoms with van der Waals surface area (Å²) in [6.07, 6.45) is 0.667. The number of aliphatic imine (C=N–C) groups is 1. The Kier molecular flexibility index (Phi) is 5.88. The number of nitrogens with zero attached hydrogens (tertiary/aromatic N) is 1. The van der Waals surface area contributed by atoms with Gasteiger partial charge in [-0.15, -0.1) is 0 Å². The van der Waals surface area contributed by atoms with Crippen molar-refractivity contribution in [2.24, 2.45) is 10.9 Å². The predicted molar refractivity (Wildman–Crippen MR) is 128 cm³/mol. The van der Waals surface area contributed by atoms with Gasteiger partial charge in [0.05, 0.1) is 30.9 Å². The van der Waals surface area contributed by atoms with Gasteiger partial charge in [-0.3, -0.25) is 4.79 Å². The van der Waals surface area contributed by atoms with Crippen LogP contribution in [0.25, 0.3) is 0 Å². The molecule has 1 aliphatic heterocycles. The van der Waals surface area contributed by atoms with Crippen LogP contribution in [-0.2, 0) is 0 Å². The van der Waals surface area contributed by atoms with E-state index >= 15 is 0 Å². The average Bonchev–Trinajstić information content (AvgIpc) is 3.12. The molecular weight excluding hydrogens is 439 g/mol. The summed E-state index contributed by atoms with van der Waals surface area (Å²) in [7, 11) is 0. The van der Waals surface area contributed by atoms with Crippen LogP contribution in [0.5, 0.6) is 11.5 Å². The second-order valence-electron chi connectivity index (χ2n) is 7.89. The Morgan fingerprint density at radius 2 is 1.64 bits per heavy atom. The quantitative estimate of drug-likeness (QED) is 0.401. The summed E-state index contributed by atoms with van der Waals surface area (Å²) >= 11 is 5.38. The van der Waals surface area contributed by atoms with E-state index in [-0.39, 0.29) is 17.6 Å². The number of carbonyl (C=O) groups is 1. The lowest BCUT2D eigenvalue weighted by Crippen LogP contribution is -2.41. The molecule has 7 heteroatoms. The molecule has 1 heterocycles. The first-order valence-electron chi connectivity index (χ1n) is 10.7. The van der Waals surface area contributed by atoms with E-state index in [1.165, 1.54) is 12.1 Å². The van der Waals surface area contributed by atoms with Crippen LogP contribution < -0.4 is 14.8 Å². The maximum Gasteiger partial charge on any atom is 0.193 e. The average molecular weight is 461 g/mol. The molecule has 3 aromatic carbocycles. The largest absolute Gasteiger partial charge is 0.493 e. The molecule has 1 aliphatic carbocycles. The first-order valence-corrected chi connectivity index (χ1v) is 11.1. The molecule has 1 N–H and O–H groups in total. The van der Waals surface area contributed by atoms with Crippen molar-refractivity contribution in [3.8, 4) is 11.5 Å². The molecule has 5 nitrogen and oxygen atoms in total. The molecule has 33 heavy (non-hydrogen) atoms. The lowest BCUT2D eigenvalue weighted by Gasteiger charge is -2.29. The van der Waals surface area contributed by atoms with Gasteiger partial charge in [-0.1, -0.05) is 36.4 Å². The lowest BCUT2D eigenvalue weighted by molar-refractivity contribution is 0.0944. The number of thiocarbonyl (C=S) groups is 1. The van der Waals surface area contributed by atoms with E-state index in [4.69, 9.17) is 21.7 Å². The maximum atomic E-state index is 13.2. The summed E-state index contributed by atoms with van der Waals surface area (Å²) in [4.78, 5) is 17.6. The van der Waals surface area contributed by atoms with Crippen molar-refractivity contribution in [2.45, 2.75) is 12.5 Å². The number of Topliss-reactive ketones (excluding diaryl/α,β-unsaturated/α-hetero) is 1. The standard InChI is InChI=1S/C26H21FN2O3S/c27-17-9-11-18(12-10-17)31-13-4-14-32-19-6-3-5-16(15-19)23-22-24(29-26(33)28-23)20-7-1-2-8-21(20)25(22)30/h1-3,5-12,15,22-23H,4,13-14H2,(H,28,33). The second-order valence-corrected chi connectivity index (χ2v) is 8.28. The van der Waals surface area contributed by atoms with Gasteiger partial charge in [-0.05, 0) is 54.2 Å². The monoisotopic (exact) mass is 460 g/mol. The Hall–Kier alpha value is -3.58. The smallest absolute Gasteiger partial charge is 0.193 e. The Bertz CT molecular complexity index is 1240. The SMILES string of the molecule is O=C1c2ccccc2C2=NC(=S)NC(c3cccc(OCCCOc4ccc(F)cc4)c3)C12. The maximum absolute atomic E-state index is 13.2. The number of benzene rings is 3. The van der Waals surface area contributed by atoms with E-state index in [0.29, 0.717) is 41.8 Å². The molecule has 166 valence electrons. The second kappa shape index (κ2) is 9.11. The van der Waals surface area contributed by atoms with Gasteiger partial charge < -0.3 is 14.8 Å².